The number of aromatic nitrogens is 1. The second-order valence-corrected chi connectivity index (χ2v) is 19.6. The van der Waals surface area contributed by atoms with Crippen LogP contribution < -0.4 is 15.8 Å². The Morgan fingerprint density at radius 1 is 0.533 bits per heavy atom. The van der Waals surface area contributed by atoms with Gasteiger partial charge in [0.05, 0.1) is 6.26 Å². The minimum Gasteiger partial charge on any atom is -0.464 e. The number of nitrogens with zero attached hydrogens (tertiary/aromatic N) is 2. The predicted octanol–water partition coefficient (Wildman–Crippen LogP) is 14.1. The summed E-state index contributed by atoms with van der Waals surface area (Å²) in [5.74, 6) is 0. The highest BCUT2D eigenvalue weighted by Crippen LogP contribution is 2.50. The van der Waals surface area contributed by atoms with Crippen molar-refractivity contribution in [2.45, 2.75) is 80.1 Å². The molecule has 0 atom stereocenters. The van der Waals surface area contributed by atoms with E-state index >= 15 is 0 Å². The molecule has 0 unspecified atom stereocenters. The van der Waals surface area contributed by atoms with E-state index in [0.717, 1.165) is 16.7 Å². The van der Waals surface area contributed by atoms with Gasteiger partial charge in [0, 0.05) is 55.4 Å². The molecule has 7 aromatic carbocycles. The highest BCUT2D eigenvalue weighted by atomic mass is 16.3. The molecule has 11 rings (SSSR count). The molecule has 2 aliphatic heterocycles. The Bertz CT molecular complexity index is 3250. The van der Waals surface area contributed by atoms with Crippen molar-refractivity contribution < 1.29 is 4.42 Å². The minimum atomic E-state index is -0.0852. The van der Waals surface area contributed by atoms with Gasteiger partial charge >= 0.3 is 6.85 Å². The summed E-state index contributed by atoms with van der Waals surface area (Å²) in [5, 5.41) is 3.74. The van der Waals surface area contributed by atoms with Gasteiger partial charge in [-0.3, -0.25) is 0 Å². The van der Waals surface area contributed by atoms with Crippen molar-refractivity contribution in [3.05, 3.63) is 161 Å². The second-order valence-electron chi connectivity index (χ2n) is 19.6. The molecule has 2 aliphatic rings. The zero-order valence-corrected chi connectivity index (χ0v) is 36.5. The lowest BCUT2D eigenvalue weighted by molar-refractivity contribution is 0.590. The van der Waals surface area contributed by atoms with Gasteiger partial charge < -0.3 is 13.8 Å². The van der Waals surface area contributed by atoms with E-state index in [1.54, 1.807) is 0 Å². The zero-order chi connectivity index (χ0) is 41.6. The molecule has 0 aliphatic carbocycles. The maximum atomic E-state index is 6.61. The lowest BCUT2D eigenvalue weighted by Crippen LogP contribution is -2.56. The second kappa shape index (κ2) is 12.6. The van der Waals surface area contributed by atoms with Crippen molar-refractivity contribution in [3.63, 3.8) is 0 Å². The molecule has 0 fully saturated rings. The number of furan rings is 1. The largest absolute Gasteiger partial charge is 0.464 e. The van der Waals surface area contributed by atoms with Crippen molar-refractivity contribution in [2.75, 3.05) is 4.90 Å². The zero-order valence-electron chi connectivity index (χ0n) is 36.5. The van der Waals surface area contributed by atoms with E-state index in [2.05, 4.69) is 200 Å². The summed E-state index contributed by atoms with van der Waals surface area (Å²) >= 11 is 0. The van der Waals surface area contributed by atoms with Crippen LogP contribution in [-0.2, 0) is 10.8 Å². The van der Waals surface area contributed by atoms with Crippen molar-refractivity contribution in [1.82, 2.24) is 4.48 Å². The highest BCUT2D eigenvalue weighted by molar-refractivity contribution is 6.90. The van der Waals surface area contributed by atoms with Crippen molar-refractivity contribution in [3.8, 4) is 33.4 Å². The highest BCUT2D eigenvalue weighted by Gasteiger charge is 2.45. The maximum Gasteiger partial charge on any atom is 0.333 e. The average molecular weight is 779 g/mol. The van der Waals surface area contributed by atoms with Crippen LogP contribution in [0.1, 0.15) is 74.9 Å². The van der Waals surface area contributed by atoms with E-state index in [9.17, 15) is 0 Å². The normalized spacial score (nSPS) is 13.4. The SMILES string of the molecule is Cc1cccc(C)c1-c1cccc(N2c3cc(-c4c(C)cccc4C)ccc3B3c4c2cc2ccoc2c4-c2cc(C(C)(C)C)cc4c5cc(C(C)(C)C)ccc5n3c24)c1. The molecule has 9 aromatic rings. The third-order valence-corrected chi connectivity index (χ3v) is 13.6. The summed E-state index contributed by atoms with van der Waals surface area (Å²) < 4.78 is 9.29. The number of benzene rings is 7. The van der Waals surface area contributed by atoms with E-state index in [-0.39, 0.29) is 17.7 Å². The molecule has 0 spiro atoms. The van der Waals surface area contributed by atoms with Crippen LogP contribution in [0, 0.1) is 27.7 Å². The molecule has 0 N–H and O–H groups in total. The first kappa shape index (κ1) is 36.8. The molecular formula is C56H51BN2O. The quantitative estimate of drug-likeness (QED) is 0.167. The van der Waals surface area contributed by atoms with Crippen LogP contribution in [0.5, 0.6) is 0 Å². The lowest BCUT2D eigenvalue weighted by atomic mass is 9.45. The molecule has 0 amide bonds. The number of aryl methyl sites for hydroxylation is 4. The van der Waals surface area contributed by atoms with Crippen LogP contribution in [0.15, 0.2) is 132 Å². The molecule has 4 heterocycles. The molecule has 4 heteroatoms. The predicted molar refractivity (Wildman–Crippen MR) is 257 cm³/mol. The van der Waals surface area contributed by atoms with Crippen LogP contribution in [0.25, 0.3) is 66.2 Å². The number of hydrogen-bond acceptors (Lipinski definition) is 2. The summed E-state index contributed by atoms with van der Waals surface area (Å²) in [6.45, 7) is 22.8. The molecule has 0 saturated heterocycles. The van der Waals surface area contributed by atoms with Crippen LogP contribution in [0.2, 0.25) is 0 Å². The Morgan fingerprint density at radius 3 is 1.83 bits per heavy atom. The number of fused-ring (bicyclic) bond motifs is 9. The van der Waals surface area contributed by atoms with E-state index in [1.807, 2.05) is 6.26 Å². The average Bonchev–Trinajstić information content (AvgIpc) is 3.81. The van der Waals surface area contributed by atoms with Gasteiger partial charge in [-0.05, 0) is 160 Å². The standard InChI is InChI=1S/C56H51BN2O/c1-32-14-11-15-33(2)49(32)36-18-13-19-41(26-36)58-47-27-37(50-34(3)16-12-17-35(50)4)20-22-45(47)57-52-48(58)28-38-24-25-60-54(38)51(52)44-31-40(56(8,9)10)30-43-42-29-39(55(5,6)7)21-23-46(42)59(57)53(43)44/h11-31H,1-10H3. The summed E-state index contributed by atoms with van der Waals surface area (Å²) in [6.07, 6.45) is 1.88. The Balaban J connectivity index is 1.30. The molecule has 0 bridgehead atoms. The van der Waals surface area contributed by atoms with Gasteiger partial charge in [-0.15, -0.1) is 0 Å². The fourth-order valence-electron chi connectivity index (χ4n) is 10.7. The van der Waals surface area contributed by atoms with Gasteiger partial charge in [-0.25, -0.2) is 0 Å². The monoisotopic (exact) mass is 778 g/mol. The Morgan fingerprint density at radius 2 is 1.17 bits per heavy atom. The number of rotatable bonds is 3. The fourth-order valence-corrected chi connectivity index (χ4v) is 10.7. The van der Waals surface area contributed by atoms with Crippen LogP contribution in [0.3, 0.4) is 0 Å². The van der Waals surface area contributed by atoms with Crippen LogP contribution >= 0.6 is 0 Å². The Hall–Kier alpha value is -6.26. The topological polar surface area (TPSA) is 21.3 Å². The van der Waals surface area contributed by atoms with Gasteiger partial charge in [-0.2, -0.15) is 0 Å². The molecule has 0 radical (unpaired) electrons. The first-order valence-electron chi connectivity index (χ1n) is 21.5. The van der Waals surface area contributed by atoms with Gasteiger partial charge in [0.1, 0.15) is 5.58 Å². The number of hydrogen-bond donors (Lipinski definition) is 0. The van der Waals surface area contributed by atoms with Crippen molar-refractivity contribution in [2.24, 2.45) is 0 Å². The lowest BCUT2D eigenvalue weighted by Gasteiger charge is -2.41. The van der Waals surface area contributed by atoms with Crippen LogP contribution in [0.4, 0.5) is 17.1 Å². The summed E-state index contributed by atoms with van der Waals surface area (Å²) in [5.41, 5.74) is 24.9. The van der Waals surface area contributed by atoms with Gasteiger partial charge in [-0.1, -0.05) is 108 Å². The van der Waals surface area contributed by atoms with Crippen LogP contribution in [-0.4, -0.2) is 11.3 Å². The maximum absolute atomic E-state index is 6.61. The fraction of sp³-hybridized carbons (Fsp3) is 0.214. The third kappa shape index (κ3) is 5.22. The van der Waals surface area contributed by atoms with E-state index in [1.165, 1.54) is 111 Å². The molecular weight excluding hydrogens is 727 g/mol. The van der Waals surface area contributed by atoms with E-state index in [4.69, 9.17) is 4.42 Å². The van der Waals surface area contributed by atoms with Gasteiger partial charge in [0.15, 0.2) is 0 Å². The van der Waals surface area contributed by atoms with Gasteiger partial charge in [0.2, 0.25) is 0 Å². The third-order valence-electron chi connectivity index (χ3n) is 13.6. The summed E-state index contributed by atoms with van der Waals surface area (Å²) in [4.78, 5) is 2.56. The Kier molecular flexibility index (Phi) is 7.75. The molecule has 294 valence electrons. The summed E-state index contributed by atoms with van der Waals surface area (Å²) in [7, 11) is 0. The van der Waals surface area contributed by atoms with Crippen molar-refractivity contribution in [1.29, 1.82) is 0 Å². The minimum absolute atomic E-state index is 0.0110. The first-order chi connectivity index (χ1) is 28.7. The molecule has 3 nitrogen and oxygen atoms in total. The smallest absolute Gasteiger partial charge is 0.333 e. The summed E-state index contributed by atoms with van der Waals surface area (Å²) in [6, 6.07) is 46.5. The van der Waals surface area contributed by atoms with E-state index < -0.39 is 0 Å². The molecule has 60 heavy (non-hydrogen) atoms. The first-order valence-corrected chi connectivity index (χ1v) is 21.5. The number of anilines is 3. The van der Waals surface area contributed by atoms with Crippen molar-refractivity contribution >= 4 is 67.6 Å². The molecule has 0 saturated carbocycles. The van der Waals surface area contributed by atoms with Gasteiger partial charge in [0.25, 0.3) is 0 Å². The Labute approximate surface area is 354 Å². The van der Waals surface area contributed by atoms with E-state index in [0.29, 0.717) is 0 Å². The molecule has 2 aromatic heterocycles.